The number of alkyl halides is 3. The van der Waals surface area contributed by atoms with Gasteiger partial charge in [0.05, 0.1) is 10.5 Å². The van der Waals surface area contributed by atoms with Crippen LogP contribution in [0.4, 0.5) is 13.2 Å². The fourth-order valence-electron chi connectivity index (χ4n) is 1.12. The van der Waals surface area contributed by atoms with Gasteiger partial charge in [0.25, 0.3) is 9.05 Å². The van der Waals surface area contributed by atoms with E-state index in [0.717, 1.165) is 12.1 Å². The summed E-state index contributed by atoms with van der Waals surface area (Å²) in [7, 11) is 0.884. The number of hydrogen-bond acceptors (Lipinski definition) is 2. The molecule has 16 heavy (non-hydrogen) atoms. The summed E-state index contributed by atoms with van der Waals surface area (Å²) >= 11 is 1.32. The maximum absolute atomic E-state index is 12.6. The lowest BCUT2D eigenvalue weighted by Gasteiger charge is -2.12. The highest BCUT2D eigenvalue weighted by atomic mass is 127. The Kier molecular flexibility index (Phi) is 3.81. The van der Waals surface area contributed by atoms with Crippen LogP contribution in [0, 0.1) is 10.5 Å². The Morgan fingerprint density at radius 2 is 1.81 bits per heavy atom. The van der Waals surface area contributed by atoms with E-state index >= 15 is 0 Å². The molecule has 0 aliphatic carbocycles. The van der Waals surface area contributed by atoms with Crippen molar-refractivity contribution in [3.05, 3.63) is 26.8 Å². The predicted molar refractivity (Wildman–Crippen MR) is 61.9 cm³/mol. The van der Waals surface area contributed by atoms with Gasteiger partial charge in [0.2, 0.25) is 0 Å². The van der Waals surface area contributed by atoms with E-state index in [9.17, 15) is 21.6 Å². The van der Waals surface area contributed by atoms with Crippen LogP contribution in [0.1, 0.15) is 11.1 Å². The van der Waals surface area contributed by atoms with Crippen molar-refractivity contribution < 1.29 is 21.6 Å². The molecule has 0 amide bonds. The van der Waals surface area contributed by atoms with Gasteiger partial charge in [0.1, 0.15) is 0 Å². The van der Waals surface area contributed by atoms with E-state index in [-0.39, 0.29) is 5.56 Å². The molecule has 90 valence electrons. The van der Waals surface area contributed by atoms with Crippen LogP contribution < -0.4 is 0 Å². The molecule has 8 heteroatoms. The Balaban J connectivity index is 3.64. The minimum atomic E-state index is -4.60. The normalized spacial score (nSPS) is 12.9. The van der Waals surface area contributed by atoms with Crippen molar-refractivity contribution in [2.45, 2.75) is 18.0 Å². The molecule has 0 aliphatic heterocycles. The van der Waals surface area contributed by atoms with Crippen LogP contribution in [-0.2, 0) is 15.2 Å². The first-order chi connectivity index (χ1) is 7.03. The summed E-state index contributed by atoms with van der Waals surface area (Å²) in [6, 6.07) is 1.99. The van der Waals surface area contributed by atoms with Gasteiger partial charge in [-0.15, -0.1) is 0 Å². The smallest absolute Gasteiger partial charge is 0.207 e. The largest absolute Gasteiger partial charge is 0.417 e. The third kappa shape index (κ3) is 3.01. The number of hydrogen-bond donors (Lipinski definition) is 0. The van der Waals surface area contributed by atoms with Gasteiger partial charge in [-0.25, -0.2) is 8.42 Å². The fraction of sp³-hybridized carbons (Fsp3) is 0.250. The molecule has 0 unspecified atom stereocenters. The molecule has 0 fully saturated rings. The Hall–Kier alpha value is -0.0200. The second-order valence-corrected chi connectivity index (χ2v) is 6.67. The van der Waals surface area contributed by atoms with Crippen LogP contribution in [0.3, 0.4) is 0 Å². The number of halogens is 5. The van der Waals surface area contributed by atoms with E-state index in [4.69, 9.17) is 10.7 Å². The number of benzene rings is 1. The molecule has 0 saturated carbocycles. The number of aryl methyl sites for hydroxylation is 1. The molecule has 0 aliphatic rings. The van der Waals surface area contributed by atoms with Gasteiger partial charge in [-0.05, 0) is 47.2 Å². The molecule has 0 saturated heterocycles. The van der Waals surface area contributed by atoms with Crippen LogP contribution in [0.25, 0.3) is 0 Å². The summed E-state index contributed by atoms with van der Waals surface area (Å²) < 4.78 is 59.4. The Morgan fingerprint density at radius 1 is 1.31 bits per heavy atom. The lowest BCUT2D eigenvalue weighted by Crippen LogP contribution is -2.11. The average Bonchev–Trinajstić information content (AvgIpc) is 2.04. The van der Waals surface area contributed by atoms with Gasteiger partial charge >= 0.3 is 6.18 Å². The Bertz CT molecular complexity index is 525. The van der Waals surface area contributed by atoms with E-state index in [1.165, 1.54) is 29.5 Å². The Morgan fingerprint density at radius 3 is 2.19 bits per heavy atom. The van der Waals surface area contributed by atoms with E-state index in [0.29, 0.717) is 0 Å². The summed E-state index contributed by atoms with van der Waals surface area (Å²) in [5.74, 6) is 0. The lowest BCUT2D eigenvalue weighted by molar-refractivity contribution is -0.138. The highest BCUT2D eigenvalue weighted by Crippen LogP contribution is 2.37. The zero-order valence-corrected chi connectivity index (χ0v) is 11.5. The third-order valence-corrected chi connectivity index (χ3v) is 4.63. The first-order valence-electron chi connectivity index (χ1n) is 3.85. The second-order valence-electron chi connectivity index (χ2n) is 3.06. The molecule has 2 nitrogen and oxygen atoms in total. The molecule has 0 heterocycles. The van der Waals surface area contributed by atoms with Crippen LogP contribution in [0.5, 0.6) is 0 Å². The molecule has 1 aromatic rings. The summed E-state index contributed by atoms with van der Waals surface area (Å²) in [4.78, 5) is -0.512. The van der Waals surface area contributed by atoms with Crippen LogP contribution >= 0.6 is 33.3 Å². The number of rotatable bonds is 1. The summed E-state index contributed by atoms with van der Waals surface area (Å²) in [5, 5.41) is 0. The van der Waals surface area contributed by atoms with Crippen molar-refractivity contribution in [1.82, 2.24) is 0 Å². The summed E-state index contributed by atoms with van der Waals surface area (Å²) in [6.07, 6.45) is -4.60. The zero-order chi connectivity index (χ0) is 12.7. The van der Waals surface area contributed by atoms with E-state index in [1.54, 1.807) is 0 Å². The monoisotopic (exact) mass is 384 g/mol. The predicted octanol–water partition coefficient (Wildman–Crippen LogP) is 3.55. The SMILES string of the molecule is Cc1cc(C(F)(F)F)c(I)c(S(=O)(=O)Cl)c1. The van der Waals surface area contributed by atoms with Crippen LogP contribution in [0.2, 0.25) is 0 Å². The van der Waals surface area contributed by atoms with E-state index < -0.39 is 29.3 Å². The third-order valence-electron chi connectivity index (χ3n) is 1.75. The first kappa shape index (κ1) is 14.0. The van der Waals surface area contributed by atoms with Crippen molar-refractivity contribution in [2.75, 3.05) is 0 Å². The summed E-state index contributed by atoms with van der Waals surface area (Å²) in [6.45, 7) is 1.37. The van der Waals surface area contributed by atoms with Crippen molar-refractivity contribution in [1.29, 1.82) is 0 Å². The van der Waals surface area contributed by atoms with Gasteiger partial charge in [-0.3, -0.25) is 0 Å². The molecule has 0 radical (unpaired) electrons. The second kappa shape index (κ2) is 4.34. The molecule has 1 aromatic carbocycles. The highest BCUT2D eigenvalue weighted by molar-refractivity contribution is 14.1. The van der Waals surface area contributed by atoms with Crippen molar-refractivity contribution in [3.63, 3.8) is 0 Å². The maximum atomic E-state index is 12.6. The van der Waals surface area contributed by atoms with Crippen molar-refractivity contribution >= 4 is 42.3 Å². The lowest BCUT2D eigenvalue weighted by atomic mass is 10.1. The van der Waals surface area contributed by atoms with E-state index in [2.05, 4.69) is 0 Å². The highest BCUT2D eigenvalue weighted by Gasteiger charge is 2.35. The zero-order valence-electron chi connectivity index (χ0n) is 7.77. The molecule has 0 spiro atoms. The Labute approximate surface area is 108 Å². The molecule has 0 atom stereocenters. The molecule has 0 N–H and O–H groups in total. The van der Waals surface area contributed by atoms with Gasteiger partial charge < -0.3 is 0 Å². The molecule has 0 bridgehead atoms. The van der Waals surface area contributed by atoms with Gasteiger partial charge in [0, 0.05) is 14.3 Å². The average molecular weight is 385 g/mol. The van der Waals surface area contributed by atoms with Crippen LogP contribution in [0.15, 0.2) is 17.0 Å². The van der Waals surface area contributed by atoms with Crippen LogP contribution in [-0.4, -0.2) is 8.42 Å². The molecule has 1 rings (SSSR count). The van der Waals surface area contributed by atoms with Gasteiger partial charge in [-0.1, -0.05) is 0 Å². The standard InChI is InChI=1S/C8H5ClF3IO2S/c1-4-2-5(8(10,11)12)7(13)6(3-4)16(9,14)15/h2-3H,1H3. The van der Waals surface area contributed by atoms with Crippen molar-refractivity contribution in [3.8, 4) is 0 Å². The molecular formula is C8H5ClF3IO2S. The van der Waals surface area contributed by atoms with Crippen molar-refractivity contribution in [2.24, 2.45) is 0 Å². The maximum Gasteiger partial charge on any atom is 0.417 e. The first-order valence-corrected chi connectivity index (χ1v) is 7.24. The topological polar surface area (TPSA) is 34.1 Å². The van der Waals surface area contributed by atoms with Gasteiger partial charge in [0.15, 0.2) is 0 Å². The molecule has 0 aromatic heterocycles. The molecular weight excluding hydrogens is 380 g/mol. The fourth-order valence-corrected chi connectivity index (χ4v) is 4.01. The minimum Gasteiger partial charge on any atom is -0.207 e. The quantitative estimate of drug-likeness (QED) is 0.548. The minimum absolute atomic E-state index is 0.187. The summed E-state index contributed by atoms with van der Waals surface area (Å²) in [5.41, 5.74) is -0.806. The van der Waals surface area contributed by atoms with E-state index in [1.807, 2.05) is 0 Å². The van der Waals surface area contributed by atoms with Gasteiger partial charge in [-0.2, -0.15) is 13.2 Å².